The van der Waals surface area contributed by atoms with E-state index in [1.165, 1.54) is 12.1 Å². The molecule has 1 aromatic carbocycles. The maximum atomic E-state index is 13.4. The number of nitrogens with two attached hydrogens (primary N) is 1. The van der Waals surface area contributed by atoms with Gasteiger partial charge < -0.3 is 10.3 Å². The first-order valence-corrected chi connectivity index (χ1v) is 5.62. The van der Waals surface area contributed by atoms with Crippen LogP contribution in [0.15, 0.2) is 22.7 Å². The highest BCUT2D eigenvalue weighted by Gasteiger charge is 2.14. The number of aromatic nitrogens is 2. The van der Waals surface area contributed by atoms with Gasteiger partial charge >= 0.3 is 0 Å². The Morgan fingerprint density at radius 1 is 1.39 bits per heavy atom. The normalized spacial score (nSPS) is 12.7. The van der Waals surface area contributed by atoms with Crippen molar-refractivity contribution in [1.82, 2.24) is 10.1 Å². The van der Waals surface area contributed by atoms with Crippen LogP contribution in [0.2, 0.25) is 0 Å². The van der Waals surface area contributed by atoms with Gasteiger partial charge in [-0.2, -0.15) is 4.98 Å². The average molecular weight is 253 g/mol. The topological polar surface area (TPSA) is 64.9 Å². The predicted molar refractivity (Wildman–Crippen MR) is 60.7 cm³/mol. The van der Waals surface area contributed by atoms with Crippen LogP contribution in [0.5, 0.6) is 0 Å². The number of rotatable bonds is 4. The summed E-state index contributed by atoms with van der Waals surface area (Å²) >= 11 is 0. The smallest absolute Gasteiger partial charge is 0.243 e. The third-order valence-corrected chi connectivity index (χ3v) is 2.60. The van der Waals surface area contributed by atoms with E-state index >= 15 is 0 Å². The lowest BCUT2D eigenvalue weighted by molar-refractivity contribution is 0.348. The van der Waals surface area contributed by atoms with Crippen molar-refractivity contribution in [3.8, 4) is 0 Å². The van der Waals surface area contributed by atoms with E-state index in [1.807, 2.05) is 6.92 Å². The number of hydrogen-bond donors (Lipinski definition) is 1. The van der Waals surface area contributed by atoms with Gasteiger partial charge in [-0.15, -0.1) is 0 Å². The van der Waals surface area contributed by atoms with Gasteiger partial charge in [0, 0.05) is 12.5 Å². The summed E-state index contributed by atoms with van der Waals surface area (Å²) < 4.78 is 31.1. The molecular formula is C12H13F2N3O. The van der Waals surface area contributed by atoms with E-state index in [4.69, 9.17) is 10.3 Å². The van der Waals surface area contributed by atoms with Crippen molar-refractivity contribution in [2.24, 2.45) is 5.73 Å². The molecule has 6 heteroatoms. The molecule has 0 saturated heterocycles. The second-order valence-electron chi connectivity index (χ2n) is 3.98. The van der Waals surface area contributed by atoms with Crippen molar-refractivity contribution in [3.05, 3.63) is 47.1 Å². The summed E-state index contributed by atoms with van der Waals surface area (Å²) in [4.78, 5) is 4.08. The van der Waals surface area contributed by atoms with Crippen molar-refractivity contribution >= 4 is 0 Å². The summed E-state index contributed by atoms with van der Waals surface area (Å²) in [5.41, 5.74) is 6.04. The Labute approximate surface area is 103 Å². The fourth-order valence-electron chi connectivity index (χ4n) is 1.50. The van der Waals surface area contributed by atoms with Crippen molar-refractivity contribution in [3.63, 3.8) is 0 Å². The summed E-state index contributed by atoms with van der Waals surface area (Å²) in [5.74, 6) is -0.575. The van der Waals surface area contributed by atoms with E-state index in [0.29, 0.717) is 23.7 Å². The molecule has 0 spiro atoms. The molecule has 2 aromatic rings. The lowest BCUT2D eigenvalue weighted by atomic mass is 10.1. The van der Waals surface area contributed by atoms with E-state index in [1.54, 1.807) is 0 Å². The van der Waals surface area contributed by atoms with Crippen LogP contribution in [0.1, 0.15) is 36.7 Å². The van der Waals surface area contributed by atoms with Crippen molar-refractivity contribution in [2.45, 2.75) is 25.8 Å². The van der Waals surface area contributed by atoms with Crippen LogP contribution in [-0.4, -0.2) is 10.1 Å². The van der Waals surface area contributed by atoms with Gasteiger partial charge in [-0.25, -0.2) is 8.78 Å². The third-order valence-electron chi connectivity index (χ3n) is 2.60. The molecule has 1 unspecified atom stereocenters. The summed E-state index contributed by atoms with van der Waals surface area (Å²) in [7, 11) is 0. The van der Waals surface area contributed by atoms with Gasteiger partial charge in [0.1, 0.15) is 11.6 Å². The first kappa shape index (κ1) is 12.6. The van der Waals surface area contributed by atoms with Gasteiger partial charge in [0.25, 0.3) is 0 Å². The molecule has 0 aliphatic rings. The molecule has 0 fully saturated rings. The first-order valence-electron chi connectivity index (χ1n) is 5.62. The molecule has 1 atom stereocenters. The fraction of sp³-hybridized carbons (Fsp3) is 0.333. The molecule has 1 heterocycles. The van der Waals surface area contributed by atoms with Gasteiger partial charge in [-0.05, 0) is 18.1 Å². The van der Waals surface area contributed by atoms with Crippen LogP contribution < -0.4 is 5.73 Å². The molecule has 2 rings (SSSR count). The SMILES string of the molecule is CCC(N)c1nc(Cc2ccc(F)cc2F)no1. The number of halogens is 2. The lowest BCUT2D eigenvalue weighted by Gasteiger charge is -2.00. The summed E-state index contributed by atoms with van der Waals surface area (Å²) in [6, 6.07) is 3.07. The highest BCUT2D eigenvalue weighted by molar-refractivity contribution is 5.21. The monoisotopic (exact) mass is 253 g/mol. The Morgan fingerprint density at radius 3 is 2.83 bits per heavy atom. The number of hydrogen-bond acceptors (Lipinski definition) is 4. The average Bonchev–Trinajstić information content (AvgIpc) is 2.80. The second-order valence-corrected chi connectivity index (χ2v) is 3.98. The zero-order chi connectivity index (χ0) is 13.1. The molecule has 96 valence electrons. The summed E-state index contributed by atoms with van der Waals surface area (Å²) in [6.07, 6.45) is 0.818. The third kappa shape index (κ3) is 2.70. The summed E-state index contributed by atoms with van der Waals surface area (Å²) in [6.45, 7) is 1.90. The van der Waals surface area contributed by atoms with E-state index in [-0.39, 0.29) is 12.5 Å². The lowest BCUT2D eigenvalue weighted by Crippen LogP contribution is -2.09. The second kappa shape index (κ2) is 5.22. The van der Waals surface area contributed by atoms with Crippen LogP contribution in [0.3, 0.4) is 0 Å². The molecule has 4 nitrogen and oxygen atoms in total. The van der Waals surface area contributed by atoms with E-state index < -0.39 is 11.6 Å². The van der Waals surface area contributed by atoms with E-state index in [0.717, 1.165) is 6.07 Å². The zero-order valence-corrected chi connectivity index (χ0v) is 9.86. The molecule has 2 N–H and O–H groups in total. The van der Waals surface area contributed by atoms with Gasteiger partial charge in [0.05, 0.1) is 6.04 Å². The van der Waals surface area contributed by atoms with Gasteiger partial charge in [-0.3, -0.25) is 0 Å². The van der Waals surface area contributed by atoms with Crippen LogP contribution in [-0.2, 0) is 6.42 Å². The van der Waals surface area contributed by atoms with Crippen LogP contribution in [0.4, 0.5) is 8.78 Å². The zero-order valence-electron chi connectivity index (χ0n) is 9.86. The molecule has 0 aliphatic heterocycles. The van der Waals surface area contributed by atoms with Crippen LogP contribution >= 0.6 is 0 Å². The standard InChI is InChI=1S/C12H13F2N3O/c1-2-10(15)12-16-11(17-18-12)5-7-3-4-8(13)6-9(7)14/h3-4,6,10H,2,5,15H2,1H3. The Balaban J connectivity index is 2.16. The molecule has 0 amide bonds. The molecule has 0 aliphatic carbocycles. The highest BCUT2D eigenvalue weighted by Crippen LogP contribution is 2.15. The molecule has 0 saturated carbocycles. The quantitative estimate of drug-likeness (QED) is 0.908. The first-order chi connectivity index (χ1) is 8.60. The minimum atomic E-state index is -0.624. The Hall–Kier alpha value is -1.82. The van der Waals surface area contributed by atoms with Crippen molar-refractivity contribution in [2.75, 3.05) is 0 Å². The van der Waals surface area contributed by atoms with E-state index in [2.05, 4.69) is 10.1 Å². The number of benzene rings is 1. The molecule has 18 heavy (non-hydrogen) atoms. The number of nitrogens with zero attached hydrogens (tertiary/aromatic N) is 2. The maximum Gasteiger partial charge on any atom is 0.243 e. The van der Waals surface area contributed by atoms with Crippen LogP contribution in [0.25, 0.3) is 0 Å². The van der Waals surface area contributed by atoms with Gasteiger partial charge in [-0.1, -0.05) is 18.1 Å². The van der Waals surface area contributed by atoms with Gasteiger partial charge in [0.15, 0.2) is 5.82 Å². The Kier molecular flexibility index (Phi) is 3.66. The molecule has 0 radical (unpaired) electrons. The minimum absolute atomic E-state index is 0.145. The van der Waals surface area contributed by atoms with Crippen molar-refractivity contribution < 1.29 is 13.3 Å². The highest BCUT2D eigenvalue weighted by atomic mass is 19.1. The van der Waals surface area contributed by atoms with Gasteiger partial charge in [0.2, 0.25) is 5.89 Å². The molecule has 1 aromatic heterocycles. The minimum Gasteiger partial charge on any atom is -0.338 e. The van der Waals surface area contributed by atoms with E-state index in [9.17, 15) is 8.78 Å². The Bertz CT molecular complexity index is 542. The predicted octanol–water partition coefficient (Wildman–Crippen LogP) is 2.35. The maximum absolute atomic E-state index is 13.4. The Morgan fingerprint density at radius 2 is 2.17 bits per heavy atom. The molecular weight excluding hydrogens is 240 g/mol. The largest absolute Gasteiger partial charge is 0.338 e. The molecule has 0 bridgehead atoms. The van der Waals surface area contributed by atoms with Crippen molar-refractivity contribution in [1.29, 1.82) is 0 Å². The summed E-state index contributed by atoms with van der Waals surface area (Å²) in [5, 5.41) is 3.72. The fourth-order valence-corrected chi connectivity index (χ4v) is 1.50. The van der Waals surface area contributed by atoms with Crippen LogP contribution in [0, 0.1) is 11.6 Å².